The Morgan fingerprint density at radius 3 is 2.00 bits per heavy atom. The SMILES string of the molecule is COC(=O)C(C(=O)O)C1OC(C(=O)O)C(O)C(O)C1O. The molecule has 0 bridgehead atoms. The molecule has 1 aliphatic heterocycles. The van der Waals surface area contributed by atoms with E-state index in [2.05, 4.69) is 4.74 Å². The Balaban J connectivity index is 3.10. The zero-order valence-corrected chi connectivity index (χ0v) is 10.2. The topological polar surface area (TPSA) is 171 Å². The van der Waals surface area contributed by atoms with Crippen LogP contribution >= 0.6 is 0 Å². The van der Waals surface area contributed by atoms with Gasteiger partial charge in [-0.25, -0.2) is 4.79 Å². The number of carbonyl (C=O) groups is 3. The molecule has 0 aliphatic carbocycles. The lowest BCUT2D eigenvalue weighted by atomic mass is 9.87. The summed E-state index contributed by atoms with van der Waals surface area (Å²) in [5.41, 5.74) is 0. The summed E-state index contributed by atoms with van der Waals surface area (Å²) < 4.78 is 8.98. The Morgan fingerprint density at radius 2 is 1.60 bits per heavy atom. The van der Waals surface area contributed by atoms with Gasteiger partial charge in [-0.1, -0.05) is 0 Å². The second-order valence-corrected chi connectivity index (χ2v) is 4.17. The van der Waals surface area contributed by atoms with Gasteiger partial charge < -0.3 is 35.0 Å². The van der Waals surface area contributed by atoms with Gasteiger partial charge in [-0.2, -0.15) is 0 Å². The zero-order chi connectivity index (χ0) is 15.6. The minimum Gasteiger partial charge on any atom is -0.481 e. The number of aliphatic carboxylic acids is 2. The van der Waals surface area contributed by atoms with Crippen LogP contribution in [0.1, 0.15) is 0 Å². The summed E-state index contributed by atoms with van der Waals surface area (Å²) in [6.45, 7) is 0. The standard InChI is InChI=1S/C10H14O10/c1-19-10(18)2(8(14)15)6-4(12)3(11)5(13)7(20-6)9(16)17/h2-7,11-13H,1H3,(H,14,15)(H,16,17). The molecule has 5 N–H and O–H groups in total. The van der Waals surface area contributed by atoms with Crippen LogP contribution in [0, 0.1) is 5.92 Å². The summed E-state index contributed by atoms with van der Waals surface area (Å²) >= 11 is 0. The van der Waals surface area contributed by atoms with Crippen LogP contribution in [0.5, 0.6) is 0 Å². The van der Waals surface area contributed by atoms with Gasteiger partial charge >= 0.3 is 17.9 Å². The van der Waals surface area contributed by atoms with Crippen molar-refractivity contribution in [2.24, 2.45) is 5.92 Å². The van der Waals surface area contributed by atoms with Crippen LogP contribution in [-0.2, 0) is 23.9 Å². The van der Waals surface area contributed by atoms with Crippen molar-refractivity contribution in [3.63, 3.8) is 0 Å². The van der Waals surface area contributed by atoms with Crippen LogP contribution in [0.3, 0.4) is 0 Å². The molecular formula is C10H14O10. The first-order valence-electron chi connectivity index (χ1n) is 5.45. The molecule has 0 aromatic carbocycles. The van der Waals surface area contributed by atoms with Gasteiger partial charge in [-0.05, 0) is 0 Å². The largest absolute Gasteiger partial charge is 0.481 e. The van der Waals surface area contributed by atoms with E-state index in [-0.39, 0.29) is 0 Å². The monoisotopic (exact) mass is 294 g/mol. The molecule has 0 amide bonds. The van der Waals surface area contributed by atoms with Gasteiger partial charge in [0, 0.05) is 0 Å². The average molecular weight is 294 g/mol. The predicted octanol–water partition coefficient (Wildman–Crippen LogP) is -3.21. The fourth-order valence-corrected chi connectivity index (χ4v) is 1.89. The smallest absolute Gasteiger partial charge is 0.335 e. The first-order chi connectivity index (χ1) is 9.22. The molecule has 114 valence electrons. The highest BCUT2D eigenvalue weighted by molar-refractivity contribution is 5.94. The van der Waals surface area contributed by atoms with Crippen molar-refractivity contribution < 1.29 is 49.4 Å². The lowest BCUT2D eigenvalue weighted by Crippen LogP contribution is -2.63. The molecule has 1 rings (SSSR count). The van der Waals surface area contributed by atoms with E-state index >= 15 is 0 Å². The van der Waals surface area contributed by atoms with Gasteiger partial charge in [0.25, 0.3) is 0 Å². The zero-order valence-electron chi connectivity index (χ0n) is 10.2. The maximum atomic E-state index is 11.4. The quantitative estimate of drug-likeness (QED) is 0.262. The third-order valence-electron chi connectivity index (χ3n) is 2.94. The molecule has 20 heavy (non-hydrogen) atoms. The van der Waals surface area contributed by atoms with E-state index in [0.717, 1.165) is 7.11 Å². The fraction of sp³-hybridized carbons (Fsp3) is 0.700. The van der Waals surface area contributed by atoms with Crippen LogP contribution in [0.15, 0.2) is 0 Å². The Hall–Kier alpha value is -1.75. The molecule has 10 nitrogen and oxygen atoms in total. The number of aliphatic hydroxyl groups is 3. The second-order valence-electron chi connectivity index (χ2n) is 4.17. The van der Waals surface area contributed by atoms with Crippen LogP contribution in [0.4, 0.5) is 0 Å². The van der Waals surface area contributed by atoms with Crippen molar-refractivity contribution in [1.82, 2.24) is 0 Å². The van der Waals surface area contributed by atoms with E-state index in [4.69, 9.17) is 14.9 Å². The average Bonchev–Trinajstić information content (AvgIpc) is 2.37. The summed E-state index contributed by atoms with van der Waals surface area (Å²) in [5, 5.41) is 46.4. The van der Waals surface area contributed by atoms with E-state index in [1.54, 1.807) is 0 Å². The number of carbonyl (C=O) groups excluding carboxylic acids is 1. The lowest BCUT2D eigenvalue weighted by Gasteiger charge is -2.40. The van der Waals surface area contributed by atoms with Crippen LogP contribution in [-0.4, -0.2) is 81.1 Å². The van der Waals surface area contributed by atoms with Gasteiger partial charge in [0.2, 0.25) is 0 Å². The van der Waals surface area contributed by atoms with Crippen molar-refractivity contribution >= 4 is 17.9 Å². The molecule has 0 aromatic rings. The summed E-state index contributed by atoms with van der Waals surface area (Å²) in [5.74, 6) is -6.73. The van der Waals surface area contributed by atoms with Crippen molar-refractivity contribution in [2.75, 3.05) is 7.11 Å². The summed E-state index contributed by atoms with van der Waals surface area (Å²) in [6.07, 6.45) is -9.78. The fourth-order valence-electron chi connectivity index (χ4n) is 1.89. The summed E-state index contributed by atoms with van der Waals surface area (Å²) in [4.78, 5) is 33.3. The molecule has 1 fully saturated rings. The lowest BCUT2D eigenvalue weighted by molar-refractivity contribution is -0.240. The Bertz CT molecular complexity index is 407. The molecule has 6 unspecified atom stereocenters. The van der Waals surface area contributed by atoms with Gasteiger partial charge in [-0.3, -0.25) is 9.59 Å². The number of aliphatic hydroxyl groups excluding tert-OH is 3. The van der Waals surface area contributed by atoms with Gasteiger partial charge in [0.15, 0.2) is 12.0 Å². The highest BCUT2D eigenvalue weighted by Crippen LogP contribution is 2.27. The van der Waals surface area contributed by atoms with Crippen LogP contribution in [0.2, 0.25) is 0 Å². The third-order valence-corrected chi connectivity index (χ3v) is 2.94. The van der Waals surface area contributed by atoms with E-state index < -0.39 is 54.3 Å². The molecular weight excluding hydrogens is 280 g/mol. The number of carboxylic acid groups (broad SMARTS) is 2. The Labute approximate surface area is 112 Å². The molecule has 0 aromatic heterocycles. The van der Waals surface area contributed by atoms with Crippen molar-refractivity contribution in [1.29, 1.82) is 0 Å². The molecule has 0 saturated carbocycles. The molecule has 0 spiro atoms. The van der Waals surface area contributed by atoms with Gasteiger partial charge in [-0.15, -0.1) is 0 Å². The summed E-state index contributed by atoms with van der Waals surface area (Å²) in [7, 11) is 0.896. The normalized spacial score (nSPS) is 35.1. The molecule has 1 aliphatic rings. The van der Waals surface area contributed by atoms with Crippen LogP contribution in [0.25, 0.3) is 0 Å². The first-order valence-corrected chi connectivity index (χ1v) is 5.45. The summed E-state index contributed by atoms with van der Waals surface area (Å²) in [6, 6.07) is 0. The minimum atomic E-state index is -2.04. The Kier molecular flexibility index (Phi) is 5.00. The maximum Gasteiger partial charge on any atom is 0.335 e. The number of hydrogen-bond acceptors (Lipinski definition) is 8. The highest BCUT2D eigenvalue weighted by atomic mass is 16.6. The predicted molar refractivity (Wildman–Crippen MR) is 57.5 cm³/mol. The van der Waals surface area contributed by atoms with E-state index in [1.165, 1.54) is 0 Å². The minimum absolute atomic E-state index is 0.896. The number of carboxylic acids is 2. The van der Waals surface area contributed by atoms with Crippen LogP contribution < -0.4 is 0 Å². The van der Waals surface area contributed by atoms with E-state index in [0.29, 0.717) is 0 Å². The molecule has 1 saturated heterocycles. The maximum absolute atomic E-state index is 11.4. The molecule has 1 heterocycles. The van der Waals surface area contributed by atoms with Crippen molar-refractivity contribution in [2.45, 2.75) is 30.5 Å². The number of esters is 1. The van der Waals surface area contributed by atoms with E-state index in [9.17, 15) is 29.7 Å². The first kappa shape index (κ1) is 16.3. The molecule has 0 radical (unpaired) electrons. The molecule has 10 heteroatoms. The van der Waals surface area contributed by atoms with Crippen molar-refractivity contribution in [3.8, 4) is 0 Å². The van der Waals surface area contributed by atoms with Gasteiger partial charge in [0.1, 0.15) is 24.4 Å². The highest BCUT2D eigenvalue weighted by Gasteiger charge is 2.53. The number of hydrogen-bond donors (Lipinski definition) is 5. The van der Waals surface area contributed by atoms with Gasteiger partial charge in [0.05, 0.1) is 7.11 Å². The second kappa shape index (κ2) is 6.13. The molecule has 6 atom stereocenters. The number of rotatable bonds is 4. The van der Waals surface area contributed by atoms with E-state index in [1.807, 2.05) is 0 Å². The number of methoxy groups -OCH3 is 1. The number of ether oxygens (including phenoxy) is 2. The Morgan fingerprint density at radius 1 is 1.05 bits per heavy atom. The third kappa shape index (κ3) is 2.88. The van der Waals surface area contributed by atoms with Crippen molar-refractivity contribution in [3.05, 3.63) is 0 Å².